The SMILES string of the molecule is C=C1NCC2=C(C(=C)O1)c1cc(C(C)C)cc[n+]1C(=C)C1C(CC2)c2ccccc2-c2cc(CC3CCCC3)c([Si](C)(C)C)c[n+]21. The molecule has 2 atom stereocenters. The van der Waals surface area contributed by atoms with Crippen molar-refractivity contribution in [3.8, 4) is 11.3 Å². The second-order valence-electron chi connectivity index (χ2n) is 15.4. The maximum absolute atomic E-state index is 6.16. The van der Waals surface area contributed by atoms with Crippen molar-refractivity contribution in [2.45, 2.75) is 96.3 Å². The van der Waals surface area contributed by atoms with Gasteiger partial charge in [0, 0.05) is 35.5 Å². The summed E-state index contributed by atoms with van der Waals surface area (Å²) in [6.45, 7) is 26.3. The number of fused-ring (bicyclic) bond motifs is 8. The third-order valence-electron chi connectivity index (χ3n) is 11.0. The lowest BCUT2D eigenvalue weighted by Crippen LogP contribution is -2.57. The lowest BCUT2D eigenvalue weighted by Gasteiger charge is -2.32. The number of hydrogen-bond donors (Lipinski definition) is 1. The van der Waals surface area contributed by atoms with Crippen molar-refractivity contribution in [1.29, 1.82) is 0 Å². The zero-order valence-electron chi connectivity index (χ0n) is 28.6. The lowest BCUT2D eigenvalue weighted by molar-refractivity contribution is -0.728. The highest BCUT2D eigenvalue weighted by Gasteiger charge is 2.48. The molecule has 5 heteroatoms. The van der Waals surface area contributed by atoms with Crippen LogP contribution in [-0.4, -0.2) is 14.6 Å². The molecule has 1 saturated carbocycles. The van der Waals surface area contributed by atoms with E-state index in [-0.39, 0.29) is 12.0 Å². The first-order valence-corrected chi connectivity index (χ1v) is 21.0. The Labute approximate surface area is 277 Å². The van der Waals surface area contributed by atoms with Crippen molar-refractivity contribution in [2.24, 2.45) is 5.92 Å². The van der Waals surface area contributed by atoms with E-state index >= 15 is 0 Å². The molecule has 0 spiro atoms. The molecule has 1 aromatic carbocycles. The van der Waals surface area contributed by atoms with Crippen LogP contribution in [0.2, 0.25) is 19.6 Å². The van der Waals surface area contributed by atoms with Gasteiger partial charge >= 0.3 is 0 Å². The quantitative estimate of drug-likeness (QED) is 0.232. The zero-order valence-corrected chi connectivity index (χ0v) is 29.6. The molecule has 5 heterocycles. The summed E-state index contributed by atoms with van der Waals surface area (Å²) in [7, 11) is -1.66. The summed E-state index contributed by atoms with van der Waals surface area (Å²) < 4.78 is 11.1. The van der Waals surface area contributed by atoms with Gasteiger partial charge in [0.1, 0.15) is 5.76 Å². The molecule has 3 aromatic rings. The molecule has 1 aliphatic carbocycles. The number of pyridine rings is 2. The Balaban J connectivity index is 1.47. The van der Waals surface area contributed by atoms with Crippen molar-refractivity contribution in [3.63, 3.8) is 0 Å². The molecule has 46 heavy (non-hydrogen) atoms. The van der Waals surface area contributed by atoms with Gasteiger partial charge in [-0.1, -0.05) is 83.9 Å². The van der Waals surface area contributed by atoms with Crippen LogP contribution in [-0.2, 0) is 11.2 Å². The van der Waals surface area contributed by atoms with Crippen LogP contribution in [0.25, 0.3) is 22.5 Å². The normalized spacial score (nSPS) is 21.6. The van der Waals surface area contributed by atoms with Gasteiger partial charge in [-0.15, -0.1) is 0 Å². The fraction of sp³-hybridized carbons (Fsp3) is 0.415. The summed E-state index contributed by atoms with van der Waals surface area (Å²) in [5.74, 6) is 2.68. The third-order valence-corrected chi connectivity index (χ3v) is 13.1. The lowest BCUT2D eigenvalue weighted by atomic mass is 9.78. The van der Waals surface area contributed by atoms with Crippen LogP contribution < -0.4 is 19.6 Å². The standard InChI is InChI=1S/C41H51N3OSi/c1-26(2)31-19-20-43-27(3)41-36(18-17-32-24-42-29(5)45-28(4)40(32)38(43)22-31)34-15-11-12-16-35(34)37-23-33(21-30-13-9-10-14-30)39(25-44(37)41)46(6,7)8/h11-12,15-16,19-20,22-23,25-26,30,36,41-42H,3-5,9-10,13-14,17-18,21,24H2,1-2,6-8H3/q+2. The van der Waals surface area contributed by atoms with E-state index < -0.39 is 8.07 Å². The largest absolute Gasteiger partial charge is 0.442 e. The molecule has 0 radical (unpaired) electrons. The Morgan fingerprint density at radius 3 is 2.48 bits per heavy atom. The molecule has 2 unspecified atom stereocenters. The number of rotatable bonds is 4. The first-order valence-electron chi connectivity index (χ1n) is 17.5. The third kappa shape index (κ3) is 5.41. The first-order chi connectivity index (χ1) is 22.0. The van der Waals surface area contributed by atoms with Gasteiger partial charge in [-0.05, 0) is 72.6 Å². The molecule has 238 valence electrons. The van der Waals surface area contributed by atoms with Gasteiger partial charge in [0.15, 0.2) is 18.3 Å². The molecule has 3 aliphatic heterocycles. The van der Waals surface area contributed by atoms with Crippen molar-refractivity contribution < 1.29 is 13.9 Å². The van der Waals surface area contributed by atoms with E-state index in [0.717, 1.165) is 35.7 Å². The smallest absolute Gasteiger partial charge is 0.249 e. The Bertz CT molecular complexity index is 1790. The number of nitrogens with zero attached hydrogens (tertiary/aromatic N) is 2. The highest BCUT2D eigenvalue weighted by atomic mass is 28.3. The van der Waals surface area contributed by atoms with Gasteiger partial charge in [-0.25, -0.2) is 0 Å². The van der Waals surface area contributed by atoms with E-state index in [2.05, 4.69) is 116 Å². The molecule has 4 nitrogen and oxygen atoms in total. The maximum Gasteiger partial charge on any atom is 0.249 e. The van der Waals surface area contributed by atoms with Crippen LogP contribution >= 0.6 is 0 Å². The molecular weight excluding hydrogens is 579 g/mol. The number of hydrogen-bond acceptors (Lipinski definition) is 2. The highest BCUT2D eigenvalue weighted by molar-refractivity contribution is 6.89. The van der Waals surface area contributed by atoms with Crippen LogP contribution in [0.15, 0.2) is 91.8 Å². The average Bonchev–Trinajstić information content (AvgIpc) is 3.49. The minimum absolute atomic E-state index is 0.0785. The van der Waals surface area contributed by atoms with E-state index in [1.54, 1.807) is 10.8 Å². The summed E-state index contributed by atoms with van der Waals surface area (Å²) in [4.78, 5) is 0. The molecule has 7 rings (SSSR count). The molecule has 1 fully saturated rings. The van der Waals surface area contributed by atoms with Gasteiger partial charge in [-0.2, -0.15) is 9.13 Å². The molecule has 1 N–H and O–H groups in total. The second-order valence-corrected chi connectivity index (χ2v) is 20.5. The summed E-state index contributed by atoms with van der Waals surface area (Å²) in [5.41, 5.74) is 11.6. The van der Waals surface area contributed by atoms with Gasteiger partial charge in [0.2, 0.25) is 23.1 Å². The van der Waals surface area contributed by atoms with Gasteiger partial charge in [0.25, 0.3) is 0 Å². The first kappa shape index (κ1) is 30.9. The van der Waals surface area contributed by atoms with E-state index in [0.29, 0.717) is 24.1 Å². The highest BCUT2D eigenvalue weighted by Crippen LogP contribution is 2.46. The fourth-order valence-corrected chi connectivity index (χ4v) is 10.3. The number of nitrogens with one attached hydrogen (secondary N) is 1. The minimum Gasteiger partial charge on any atom is -0.442 e. The van der Waals surface area contributed by atoms with E-state index in [9.17, 15) is 0 Å². The number of benzene rings is 1. The van der Waals surface area contributed by atoms with Crippen LogP contribution in [0, 0.1) is 5.92 Å². The van der Waals surface area contributed by atoms with Crippen LogP contribution in [0.3, 0.4) is 0 Å². The predicted molar refractivity (Wildman–Crippen MR) is 192 cm³/mol. The molecular formula is C41H51N3OSi+2. The minimum atomic E-state index is -1.66. The van der Waals surface area contributed by atoms with Crippen LogP contribution in [0.4, 0.5) is 0 Å². The van der Waals surface area contributed by atoms with Gasteiger partial charge < -0.3 is 10.1 Å². The molecule has 0 bridgehead atoms. The maximum atomic E-state index is 6.16. The summed E-state index contributed by atoms with van der Waals surface area (Å²) in [5, 5.41) is 5.03. The van der Waals surface area contributed by atoms with Crippen LogP contribution in [0.5, 0.6) is 0 Å². The van der Waals surface area contributed by atoms with E-state index in [1.807, 2.05) is 0 Å². The summed E-state index contributed by atoms with van der Waals surface area (Å²) in [6, 6.07) is 16.5. The summed E-state index contributed by atoms with van der Waals surface area (Å²) >= 11 is 0. The number of ether oxygens (including phenoxy) is 1. The Morgan fingerprint density at radius 2 is 1.74 bits per heavy atom. The zero-order chi connectivity index (χ0) is 32.3. The average molecular weight is 630 g/mol. The predicted octanol–water partition coefficient (Wildman–Crippen LogP) is 8.29. The molecule has 0 saturated heterocycles. The van der Waals surface area contributed by atoms with Gasteiger partial charge in [-0.3, -0.25) is 0 Å². The Kier molecular flexibility index (Phi) is 7.95. The topological polar surface area (TPSA) is 29.0 Å². The summed E-state index contributed by atoms with van der Waals surface area (Å²) in [6.07, 6.45) is 13.5. The fourth-order valence-electron chi connectivity index (χ4n) is 8.60. The van der Waals surface area contributed by atoms with E-state index in [4.69, 9.17) is 11.3 Å². The van der Waals surface area contributed by atoms with Crippen molar-refractivity contribution in [1.82, 2.24) is 5.32 Å². The number of allylic oxidation sites excluding steroid dienone is 2. The van der Waals surface area contributed by atoms with Crippen LogP contribution in [0.1, 0.15) is 92.6 Å². The van der Waals surface area contributed by atoms with E-state index in [1.165, 1.54) is 60.1 Å². The molecule has 2 aromatic heterocycles. The number of aromatic nitrogens is 2. The molecule has 0 amide bonds. The molecule has 4 aliphatic rings. The van der Waals surface area contributed by atoms with Crippen molar-refractivity contribution in [3.05, 3.63) is 114 Å². The van der Waals surface area contributed by atoms with Gasteiger partial charge in [0.05, 0.1) is 19.6 Å². The van der Waals surface area contributed by atoms with Crippen molar-refractivity contribution >= 4 is 24.5 Å². The Hall–Kier alpha value is -3.70. The monoisotopic (exact) mass is 629 g/mol. The Morgan fingerprint density at radius 1 is 0.978 bits per heavy atom. The van der Waals surface area contributed by atoms with Crippen molar-refractivity contribution in [2.75, 3.05) is 6.54 Å². The second kappa shape index (κ2) is 11.8.